The average Bonchev–Trinajstić information content (AvgIpc) is 2.67. The van der Waals surface area contributed by atoms with E-state index in [0.717, 1.165) is 11.1 Å². The van der Waals surface area contributed by atoms with Crippen molar-refractivity contribution in [3.05, 3.63) is 54.1 Å². The highest BCUT2D eigenvalue weighted by molar-refractivity contribution is 5.90. The number of carbonyl (C=O) groups excluding carboxylic acids is 2. The fourth-order valence-corrected chi connectivity index (χ4v) is 2.65. The molecule has 3 rings (SSSR count). The third-order valence-corrected chi connectivity index (χ3v) is 3.90. The highest BCUT2D eigenvalue weighted by atomic mass is 16.6. The molecule has 144 valence electrons. The summed E-state index contributed by atoms with van der Waals surface area (Å²) in [5, 5.41) is 4.02. The molecule has 2 aromatic carbocycles. The van der Waals surface area contributed by atoms with E-state index >= 15 is 0 Å². The van der Waals surface area contributed by atoms with Crippen LogP contribution in [0.2, 0.25) is 0 Å². The number of methoxy groups -OCH3 is 1. The van der Waals surface area contributed by atoms with E-state index in [2.05, 4.69) is 10.3 Å². The number of benzene rings is 2. The lowest BCUT2D eigenvalue weighted by molar-refractivity contribution is -0.132. The zero-order valence-corrected chi connectivity index (χ0v) is 15.8. The van der Waals surface area contributed by atoms with E-state index < -0.39 is 5.97 Å². The molecular weight excluding hydrogens is 360 g/mol. The molecule has 0 aliphatic carbocycles. The van der Waals surface area contributed by atoms with E-state index in [-0.39, 0.29) is 5.97 Å². The summed E-state index contributed by atoms with van der Waals surface area (Å²) in [4.78, 5) is 27.6. The van der Waals surface area contributed by atoms with Crippen molar-refractivity contribution >= 4 is 34.3 Å². The molecule has 28 heavy (non-hydrogen) atoms. The number of pyridine rings is 1. The van der Waals surface area contributed by atoms with Crippen LogP contribution in [0.25, 0.3) is 10.9 Å². The molecule has 0 amide bonds. The number of fused-ring (bicyclic) bond motifs is 1. The lowest BCUT2D eigenvalue weighted by atomic mass is 10.2. The van der Waals surface area contributed by atoms with Gasteiger partial charge in [0.15, 0.2) is 11.5 Å². The number of hydrogen-bond acceptors (Lipinski definition) is 7. The third kappa shape index (κ3) is 4.37. The Bertz CT molecular complexity index is 1020. The van der Waals surface area contributed by atoms with E-state index in [1.54, 1.807) is 43.3 Å². The van der Waals surface area contributed by atoms with Gasteiger partial charge < -0.3 is 19.5 Å². The quantitative estimate of drug-likeness (QED) is 0.509. The summed E-state index contributed by atoms with van der Waals surface area (Å²) in [7, 11) is 1.51. The minimum absolute atomic E-state index is 0.311. The first-order valence-electron chi connectivity index (χ1n) is 8.71. The van der Waals surface area contributed by atoms with Gasteiger partial charge in [-0.25, -0.2) is 9.78 Å². The van der Waals surface area contributed by atoms with Crippen LogP contribution in [-0.4, -0.2) is 30.6 Å². The van der Waals surface area contributed by atoms with E-state index in [1.165, 1.54) is 14.0 Å². The highest BCUT2D eigenvalue weighted by Gasteiger charge is 2.11. The summed E-state index contributed by atoms with van der Waals surface area (Å²) in [5.74, 6) is 0.583. The maximum atomic E-state index is 11.7. The van der Waals surface area contributed by atoms with Crippen molar-refractivity contribution in [1.29, 1.82) is 0 Å². The maximum absolute atomic E-state index is 11.7. The predicted molar refractivity (Wildman–Crippen MR) is 105 cm³/mol. The normalized spacial score (nSPS) is 10.4. The zero-order valence-electron chi connectivity index (χ0n) is 15.8. The van der Waals surface area contributed by atoms with Gasteiger partial charge in [0.1, 0.15) is 5.82 Å². The molecule has 0 spiro atoms. The Kier molecular flexibility index (Phi) is 5.74. The Morgan fingerprint density at radius 2 is 1.79 bits per heavy atom. The fraction of sp³-hybridized carbons (Fsp3) is 0.190. The second-order valence-corrected chi connectivity index (χ2v) is 5.91. The Balaban J connectivity index is 1.85. The molecule has 0 fully saturated rings. The lowest BCUT2D eigenvalue weighted by Crippen LogP contribution is -2.04. The summed E-state index contributed by atoms with van der Waals surface area (Å²) in [6.45, 7) is 3.43. The first-order valence-corrected chi connectivity index (χ1v) is 8.71. The van der Waals surface area contributed by atoms with Crippen LogP contribution in [0.4, 0.5) is 11.5 Å². The first-order chi connectivity index (χ1) is 13.5. The monoisotopic (exact) mass is 380 g/mol. The van der Waals surface area contributed by atoms with E-state index in [9.17, 15) is 9.59 Å². The molecule has 7 nitrogen and oxygen atoms in total. The van der Waals surface area contributed by atoms with Crippen molar-refractivity contribution in [2.45, 2.75) is 13.8 Å². The van der Waals surface area contributed by atoms with Crippen molar-refractivity contribution in [2.75, 3.05) is 19.0 Å². The zero-order chi connectivity index (χ0) is 20.1. The van der Waals surface area contributed by atoms with Crippen molar-refractivity contribution in [1.82, 2.24) is 4.98 Å². The Morgan fingerprint density at radius 3 is 2.43 bits per heavy atom. The molecule has 0 saturated heterocycles. The van der Waals surface area contributed by atoms with Crippen LogP contribution < -0.4 is 14.8 Å². The minimum atomic E-state index is -0.436. The van der Waals surface area contributed by atoms with E-state index in [4.69, 9.17) is 14.2 Å². The van der Waals surface area contributed by atoms with Crippen LogP contribution >= 0.6 is 0 Å². The van der Waals surface area contributed by atoms with Gasteiger partial charge in [0.2, 0.25) is 0 Å². The second-order valence-electron chi connectivity index (χ2n) is 5.91. The van der Waals surface area contributed by atoms with Crippen molar-refractivity contribution in [3.8, 4) is 11.5 Å². The molecule has 0 aliphatic heterocycles. The van der Waals surface area contributed by atoms with Gasteiger partial charge >= 0.3 is 11.9 Å². The number of carbonyl (C=O) groups is 2. The van der Waals surface area contributed by atoms with Gasteiger partial charge in [-0.2, -0.15) is 0 Å². The number of aromatic nitrogens is 1. The third-order valence-electron chi connectivity index (χ3n) is 3.90. The van der Waals surface area contributed by atoms with Crippen molar-refractivity contribution in [2.24, 2.45) is 0 Å². The van der Waals surface area contributed by atoms with Gasteiger partial charge in [-0.3, -0.25) is 4.79 Å². The topological polar surface area (TPSA) is 86.8 Å². The molecule has 7 heteroatoms. The van der Waals surface area contributed by atoms with Crippen LogP contribution in [-0.2, 0) is 9.53 Å². The summed E-state index contributed by atoms with van der Waals surface area (Å²) < 4.78 is 15.4. The minimum Gasteiger partial charge on any atom is -0.493 e. The molecule has 0 bridgehead atoms. The average molecular weight is 380 g/mol. The highest BCUT2D eigenvalue weighted by Crippen LogP contribution is 2.32. The number of anilines is 2. The van der Waals surface area contributed by atoms with Gasteiger partial charge in [0.05, 0.1) is 24.8 Å². The summed E-state index contributed by atoms with van der Waals surface area (Å²) in [5.41, 5.74) is 1.90. The smallest absolute Gasteiger partial charge is 0.338 e. The van der Waals surface area contributed by atoms with Crippen LogP contribution in [0.3, 0.4) is 0 Å². The molecule has 0 saturated carbocycles. The molecule has 1 heterocycles. The van der Waals surface area contributed by atoms with Crippen LogP contribution in [0, 0.1) is 0 Å². The summed E-state index contributed by atoms with van der Waals surface area (Å²) in [6.07, 6.45) is 0. The Morgan fingerprint density at radius 1 is 1.04 bits per heavy atom. The Hall–Kier alpha value is -3.61. The molecule has 0 atom stereocenters. The molecule has 3 aromatic rings. The largest absolute Gasteiger partial charge is 0.493 e. The SMILES string of the molecule is CCOC(=O)c1ccc(Nc2ccc3cc(OC)c(OC(C)=O)cc3n2)cc1. The summed E-state index contributed by atoms with van der Waals surface area (Å²) >= 11 is 0. The Labute approximate surface area is 162 Å². The van der Waals surface area contributed by atoms with Gasteiger partial charge in [-0.15, -0.1) is 0 Å². The molecule has 0 radical (unpaired) electrons. The molecule has 1 aromatic heterocycles. The second kappa shape index (κ2) is 8.39. The molecule has 0 unspecified atom stereocenters. The van der Waals surface area contributed by atoms with Crippen LogP contribution in [0.5, 0.6) is 11.5 Å². The standard InChI is InChI=1S/C21H20N2O5/c1-4-27-21(25)14-5-8-16(9-6-14)22-20-10-7-15-11-18(26-3)19(28-13(2)24)12-17(15)23-20/h5-12H,4H2,1-3H3,(H,22,23). The van der Waals surface area contributed by atoms with Crippen molar-refractivity contribution in [3.63, 3.8) is 0 Å². The lowest BCUT2D eigenvalue weighted by Gasteiger charge is -2.11. The van der Waals surface area contributed by atoms with Crippen molar-refractivity contribution < 1.29 is 23.8 Å². The van der Waals surface area contributed by atoms with Gasteiger partial charge in [-0.05, 0) is 49.4 Å². The fourth-order valence-electron chi connectivity index (χ4n) is 2.65. The number of hydrogen-bond donors (Lipinski definition) is 1. The number of rotatable bonds is 6. The molecular formula is C21H20N2O5. The number of nitrogens with zero attached hydrogens (tertiary/aromatic N) is 1. The predicted octanol–water partition coefficient (Wildman–Crippen LogP) is 4.09. The van der Waals surface area contributed by atoms with Gasteiger partial charge in [-0.1, -0.05) is 0 Å². The van der Waals surface area contributed by atoms with Crippen LogP contribution in [0.15, 0.2) is 48.5 Å². The van der Waals surface area contributed by atoms with E-state index in [1.807, 2.05) is 12.1 Å². The first kappa shape index (κ1) is 19.2. The molecule has 1 N–H and O–H groups in total. The van der Waals surface area contributed by atoms with Gasteiger partial charge in [0, 0.05) is 24.1 Å². The number of esters is 2. The number of nitrogens with one attached hydrogen (secondary N) is 1. The maximum Gasteiger partial charge on any atom is 0.338 e. The van der Waals surface area contributed by atoms with E-state index in [0.29, 0.717) is 35.0 Å². The van der Waals surface area contributed by atoms with Gasteiger partial charge in [0.25, 0.3) is 0 Å². The van der Waals surface area contributed by atoms with Crippen LogP contribution in [0.1, 0.15) is 24.2 Å². The molecule has 0 aliphatic rings. The number of ether oxygens (including phenoxy) is 3. The summed E-state index contributed by atoms with van der Waals surface area (Å²) in [6, 6.07) is 14.1.